The third-order valence-electron chi connectivity index (χ3n) is 3.03. The van der Waals surface area contributed by atoms with Gasteiger partial charge >= 0.3 is 0 Å². The summed E-state index contributed by atoms with van der Waals surface area (Å²) in [6.07, 6.45) is 2.89. The average molecular weight is 215 g/mol. The summed E-state index contributed by atoms with van der Waals surface area (Å²) in [5.74, 6) is 0.814. The fraction of sp³-hybridized carbons (Fsp3) is 1.00. The number of nitrogens with one attached hydrogen (secondary N) is 1. The molecular weight excluding hydrogens is 194 g/mol. The van der Waals surface area contributed by atoms with E-state index in [1.165, 1.54) is 12.8 Å². The molecule has 2 unspecified atom stereocenters. The summed E-state index contributed by atoms with van der Waals surface area (Å²) in [5, 5.41) is 3.52. The van der Waals surface area contributed by atoms with Crippen LogP contribution in [-0.4, -0.2) is 52.2 Å². The third kappa shape index (κ3) is 3.72. The molecule has 0 bridgehead atoms. The van der Waals surface area contributed by atoms with Crippen LogP contribution in [0.4, 0.5) is 0 Å². The highest BCUT2D eigenvalue weighted by Gasteiger charge is 2.31. The normalized spacial score (nSPS) is 29.0. The molecule has 1 saturated heterocycles. The topological polar surface area (TPSA) is 39.7 Å². The van der Waals surface area contributed by atoms with Gasteiger partial charge in [0.1, 0.15) is 0 Å². The number of methoxy groups -OCH3 is 1. The summed E-state index contributed by atoms with van der Waals surface area (Å²) >= 11 is 0. The van der Waals surface area contributed by atoms with E-state index in [-0.39, 0.29) is 6.10 Å². The predicted octanol–water partition coefficient (Wildman–Crippen LogP) is 0.416. The first-order chi connectivity index (χ1) is 7.40. The molecule has 1 saturated carbocycles. The average Bonchev–Trinajstić information content (AvgIpc) is 3.09. The van der Waals surface area contributed by atoms with Gasteiger partial charge in [0.05, 0.1) is 32.5 Å². The second-order valence-corrected chi connectivity index (χ2v) is 4.38. The fourth-order valence-corrected chi connectivity index (χ4v) is 1.98. The van der Waals surface area contributed by atoms with Crippen molar-refractivity contribution in [1.29, 1.82) is 0 Å². The zero-order valence-corrected chi connectivity index (χ0v) is 9.41. The Balaban J connectivity index is 1.65. The van der Waals surface area contributed by atoms with Gasteiger partial charge in [-0.3, -0.25) is 0 Å². The molecule has 2 rings (SSSR count). The number of hydrogen-bond acceptors (Lipinski definition) is 4. The number of hydrogen-bond donors (Lipinski definition) is 1. The van der Waals surface area contributed by atoms with Gasteiger partial charge in [-0.05, 0) is 18.8 Å². The molecule has 1 heterocycles. The van der Waals surface area contributed by atoms with Gasteiger partial charge in [0.2, 0.25) is 0 Å². The van der Waals surface area contributed by atoms with Crippen molar-refractivity contribution < 1.29 is 14.2 Å². The zero-order valence-electron chi connectivity index (χ0n) is 9.41. The van der Waals surface area contributed by atoms with Crippen LogP contribution in [0.2, 0.25) is 0 Å². The molecule has 0 spiro atoms. The minimum Gasteiger partial charge on any atom is -0.383 e. The van der Waals surface area contributed by atoms with Crippen molar-refractivity contribution in [3.63, 3.8) is 0 Å². The number of rotatable bonds is 6. The first-order valence-corrected chi connectivity index (χ1v) is 5.82. The molecule has 0 radical (unpaired) electrons. The predicted molar refractivity (Wildman–Crippen MR) is 56.9 cm³/mol. The molecule has 1 aliphatic heterocycles. The Hall–Kier alpha value is -0.160. The van der Waals surface area contributed by atoms with E-state index in [0.29, 0.717) is 6.04 Å². The molecule has 0 aromatic rings. The molecule has 0 aromatic heterocycles. The Morgan fingerprint density at radius 3 is 2.87 bits per heavy atom. The molecule has 4 heteroatoms. The quantitative estimate of drug-likeness (QED) is 0.697. The first kappa shape index (κ1) is 11.3. The van der Waals surface area contributed by atoms with Gasteiger partial charge in [-0.2, -0.15) is 0 Å². The van der Waals surface area contributed by atoms with Crippen molar-refractivity contribution in [1.82, 2.24) is 5.32 Å². The van der Waals surface area contributed by atoms with Crippen LogP contribution in [0.15, 0.2) is 0 Å². The lowest BCUT2D eigenvalue weighted by Crippen LogP contribution is -2.44. The standard InChI is InChI=1S/C11H21NO3/c1-13-8-11(9-2-3-9)12-6-10-7-14-4-5-15-10/h9-12H,2-8H2,1H3. The molecule has 2 fully saturated rings. The highest BCUT2D eigenvalue weighted by molar-refractivity contribution is 4.87. The van der Waals surface area contributed by atoms with Crippen LogP contribution >= 0.6 is 0 Å². The first-order valence-electron chi connectivity index (χ1n) is 5.82. The van der Waals surface area contributed by atoms with Crippen LogP contribution in [0, 0.1) is 5.92 Å². The third-order valence-corrected chi connectivity index (χ3v) is 3.03. The molecule has 88 valence electrons. The van der Waals surface area contributed by atoms with Crippen molar-refractivity contribution in [2.24, 2.45) is 5.92 Å². The van der Waals surface area contributed by atoms with Crippen LogP contribution in [0.25, 0.3) is 0 Å². The molecule has 4 nitrogen and oxygen atoms in total. The summed E-state index contributed by atoms with van der Waals surface area (Å²) in [4.78, 5) is 0. The molecule has 2 aliphatic rings. The Morgan fingerprint density at radius 1 is 1.40 bits per heavy atom. The fourth-order valence-electron chi connectivity index (χ4n) is 1.98. The lowest BCUT2D eigenvalue weighted by molar-refractivity contribution is -0.0877. The van der Waals surface area contributed by atoms with E-state index >= 15 is 0 Å². The van der Waals surface area contributed by atoms with E-state index in [1.807, 2.05) is 0 Å². The smallest absolute Gasteiger partial charge is 0.0933 e. The van der Waals surface area contributed by atoms with E-state index < -0.39 is 0 Å². The maximum Gasteiger partial charge on any atom is 0.0933 e. The number of ether oxygens (including phenoxy) is 3. The Bertz CT molecular complexity index is 179. The Kier molecular flexibility index (Phi) is 4.38. The summed E-state index contributed by atoms with van der Waals surface area (Å²) in [7, 11) is 1.76. The largest absolute Gasteiger partial charge is 0.383 e. The summed E-state index contributed by atoms with van der Waals surface area (Å²) < 4.78 is 16.1. The monoisotopic (exact) mass is 215 g/mol. The second kappa shape index (κ2) is 5.80. The lowest BCUT2D eigenvalue weighted by atomic mass is 10.2. The van der Waals surface area contributed by atoms with E-state index in [2.05, 4.69) is 5.32 Å². The molecular formula is C11H21NO3. The molecule has 2 atom stereocenters. The van der Waals surface area contributed by atoms with Gasteiger partial charge in [-0.15, -0.1) is 0 Å². The van der Waals surface area contributed by atoms with Gasteiger partial charge in [0, 0.05) is 19.7 Å². The Morgan fingerprint density at radius 2 is 2.27 bits per heavy atom. The van der Waals surface area contributed by atoms with Crippen LogP contribution in [0.1, 0.15) is 12.8 Å². The van der Waals surface area contributed by atoms with Crippen LogP contribution in [0.5, 0.6) is 0 Å². The van der Waals surface area contributed by atoms with Crippen molar-refractivity contribution in [2.45, 2.75) is 25.0 Å². The second-order valence-electron chi connectivity index (χ2n) is 4.38. The lowest BCUT2D eigenvalue weighted by Gasteiger charge is -2.26. The van der Waals surface area contributed by atoms with E-state index in [0.717, 1.165) is 38.9 Å². The van der Waals surface area contributed by atoms with Gasteiger partial charge < -0.3 is 19.5 Å². The van der Waals surface area contributed by atoms with Crippen molar-refractivity contribution in [2.75, 3.05) is 40.1 Å². The SMILES string of the molecule is COCC(NCC1COCCO1)C1CC1. The van der Waals surface area contributed by atoms with Crippen molar-refractivity contribution in [3.05, 3.63) is 0 Å². The molecule has 0 amide bonds. The van der Waals surface area contributed by atoms with Gasteiger partial charge in [0.25, 0.3) is 0 Å². The molecule has 1 N–H and O–H groups in total. The molecule has 0 aromatic carbocycles. The van der Waals surface area contributed by atoms with Crippen LogP contribution in [-0.2, 0) is 14.2 Å². The minimum atomic E-state index is 0.219. The molecule has 1 aliphatic carbocycles. The van der Waals surface area contributed by atoms with Gasteiger partial charge in [-0.25, -0.2) is 0 Å². The van der Waals surface area contributed by atoms with Crippen molar-refractivity contribution in [3.8, 4) is 0 Å². The van der Waals surface area contributed by atoms with Gasteiger partial charge in [0.15, 0.2) is 0 Å². The summed E-state index contributed by atoms with van der Waals surface area (Å²) in [5.41, 5.74) is 0. The van der Waals surface area contributed by atoms with Crippen LogP contribution < -0.4 is 5.32 Å². The summed E-state index contributed by atoms with van der Waals surface area (Å²) in [6, 6.07) is 0.500. The van der Waals surface area contributed by atoms with Crippen molar-refractivity contribution >= 4 is 0 Å². The van der Waals surface area contributed by atoms with Gasteiger partial charge in [-0.1, -0.05) is 0 Å². The highest BCUT2D eigenvalue weighted by atomic mass is 16.6. The Labute approximate surface area is 91.3 Å². The van der Waals surface area contributed by atoms with E-state index in [4.69, 9.17) is 14.2 Å². The van der Waals surface area contributed by atoms with E-state index in [1.54, 1.807) is 7.11 Å². The molecule has 15 heavy (non-hydrogen) atoms. The maximum absolute atomic E-state index is 5.58. The maximum atomic E-state index is 5.58. The summed E-state index contributed by atoms with van der Waals surface area (Å²) in [6.45, 7) is 3.87. The highest BCUT2D eigenvalue weighted by Crippen LogP contribution is 2.32. The van der Waals surface area contributed by atoms with E-state index in [9.17, 15) is 0 Å². The van der Waals surface area contributed by atoms with Crippen LogP contribution in [0.3, 0.4) is 0 Å². The zero-order chi connectivity index (χ0) is 10.5. The minimum absolute atomic E-state index is 0.219.